The summed E-state index contributed by atoms with van der Waals surface area (Å²) >= 11 is 3.53. The van der Waals surface area contributed by atoms with Crippen LogP contribution in [-0.2, 0) is 6.54 Å². The van der Waals surface area contributed by atoms with Crippen molar-refractivity contribution in [1.29, 1.82) is 0 Å². The van der Waals surface area contributed by atoms with E-state index in [1.807, 2.05) is 13.8 Å². The Bertz CT molecular complexity index is 346. The third-order valence-corrected chi connectivity index (χ3v) is 3.73. The Hall–Kier alpha value is -0.740. The molecule has 0 saturated heterocycles. The topological polar surface area (TPSA) is 44.5 Å². The average Bonchev–Trinajstić information content (AvgIpc) is 2.25. The van der Waals surface area contributed by atoms with Crippen molar-refractivity contribution >= 4 is 15.9 Å². The number of hydrogen-bond acceptors (Lipinski definition) is 3. The van der Waals surface area contributed by atoms with Gasteiger partial charge in [0, 0.05) is 22.1 Å². The van der Waals surface area contributed by atoms with Crippen LogP contribution >= 0.6 is 15.9 Å². The molecule has 0 aliphatic carbocycles. The third kappa shape index (κ3) is 1.96. The zero-order valence-corrected chi connectivity index (χ0v) is 11.1. The fourth-order valence-corrected chi connectivity index (χ4v) is 2.12. The van der Waals surface area contributed by atoms with E-state index in [9.17, 15) is 0 Å². The molecule has 1 aromatic rings. The van der Waals surface area contributed by atoms with Gasteiger partial charge < -0.3 is 15.2 Å². The molecule has 0 spiro atoms. The van der Waals surface area contributed by atoms with Crippen LogP contribution in [0.15, 0.2) is 4.47 Å². The van der Waals surface area contributed by atoms with Crippen molar-refractivity contribution in [2.45, 2.75) is 20.4 Å². The van der Waals surface area contributed by atoms with Crippen molar-refractivity contribution in [3.8, 4) is 11.5 Å². The lowest BCUT2D eigenvalue weighted by atomic mass is 10.0. The largest absolute Gasteiger partial charge is 0.493 e. The average molecular weight is 274 g/mol. The van der Waals surface area contributed by atoms with E-state index < -0.39 is 0 Å². The fraction of sp³-hybridized carbons (Fsp3) is 0.455. The predicted molar refractivity (Wildman–Crippen MR) is 64.6 cm³/mol. The molecular formula is C11H16BrNO2. The first-order valence-corrected chi connectivity index (χ1v) is 5.47. The highest BCUT2D eigenvalue weighted by Crippen LogP contribution is 2.41. The molecule has 0 radical (unpaired) electrons. The quantitative estimate of drug-likeness (QED) is 0.921. The maximum Gasteiger partial charge on any atom is 0.165 e. The second kappa shape index (κ2) is 4.86. The molecule has 0 fully saturated rings. The van der Waals surface area contributed by atoms with Crippen LogP contribution in [-0.4, -0.2) is 14.2 Å². The Balaban J connectivity index is 3.59. The van der Waals surface area contributed by atoms with Gasteiger partial charge in [-0.15, -0.1) is 0 Å². The zero-order valence-electron chi connectivity index (χ0n) is 9.48. The van der Waals surface area contributed by atoms with E-state index in [4.69, 9.17) is 15.2 Å². The molecule has 0 aliphatic rings. The molecule has 1 rings (SSSR count). The van der Waals surface area contributed by atoms with Gasteiger partial charge >= 0.3 is 0 Å². The van der Waals surface area contributed by atoms with Gasteiger partial charge in [0.2, 0.25) is 0 Å². The SMILES string of the molecule is COc1c(C)c(Br)c(C)c(CN)c1OC. The summed E-state index contributed by atoms with van der Waals surface area (Å²) in [6.07, 6.45) is 0. The van der Waals surface area contributed by atoms with Crippen molar-refractivity contribution in [2.24, 2.45) is 5.73 Å². The number of nitrogens with two attached hydrogens (primary N) is 1. The molecule has 84 valence electrons. The third-order valence-electron chi connectivity index (χ3n) is 2.54. The van der Waals surface area contributed by atoms with Crippen molar-refractivity contribution in [3.63, 3.8) is 0 Å². The summed E-state index contributed by atoms with van der Waals surface area (Å²) in [5.74, 6) is 1.48. The molecule has 0 bridgehead atoms. The summed E-state index contributed by atoms with van der Waals surface area (Å²) < 4.78 is 11.7. The second-order valence-electron chi connectivity index (χ2n) is 3.31. The van der Waals surface area contributed by atoms with Crippen molar-refractivity contribution in [3.05, 3.63) is 21.2 Å². The van der Waals surface area contributed by atoms with Crippen LogP contribution in [0.1, 0.15) is 16.7 Å². The zero-order chi connectivity index (χ0) is 11.6. The van der Waals surface area contributed by atoms with Crippen LogP contribution in [0.2, 0.25) is 0 Å². The number of ether oxygens (including phenoxy) is 2. The number of rotatable bonds is 3. The summed E-state index contributed by atoms with van der Waals surface area (Å²) in [5, 5.41) is 0. The highest BCUT2D eigenvalue weighted by molar-refractivity contribution is 9.10. The van der Waals surface area contributed by atoms with Gasteiger partial charge in [-0.25, -0.2) is 0 Å². The van der Waals surface area contributed by atoms with Crippen LogP contribution < -0.4 is 15.2 Å². The molecule has 0 amide bonds. The van der Waals surface area contributed by atoms with Gasteiger partial charge in [-0.05, 0) is 19.4 Å². The molecule has 0 unspecified atom stereocenters. The van der Waals surface area contributed by atoms with Gasteiger partial charge in [0.1, 0.15) is 0 Å². The summed E-state index contributed by atoms with van der Waals surface area (Å²) in [5.41, 5.74) is 8.83. The molecule has 15 heavy (non-hydrogen) atoms. The Labute approximate surface area is 98.7 Å². The van der Waals surface area contributed by atoms with E-state index in [2.05, 4.69) is 15.9 Å². The standard InChI is InChI=1S/C11H16BrNO2/c1-6-8(5-13)11(15-4)10(14-3)7(2)9(6)12/h5,13H2,1-4H3. The predicted octanol–water partition coefficient (Wildman–Crippen LogP) is 2.54. The first kappa shape index (κ1) is 12.3. The van der Waals surface area contributed by atoms with E-state index in [1.54, 1.807) is 14.2 Å². The van der Waals surface area contributed by atoms with E-state index in [-0.39, 0.29) is 0 Å². The smallest absolute Gasteiger partial charge is 0.165 e. The van der Waals surface area contributed by atoms with Crippen molar-refractivity contribution in [2.75, 3.05) is 14.2 Å². The molecule has 0 heterocycles. The van der Waals surface area contributed by atoms with Crippen LogP contribution in [0.4, 0.5) is 0 Å². The molecular weight excluding hydrogens is 258 g/mol. The lowest BCUT2D eigenvalue weighted by Gasteiger charge is -2.18. The molecule has 1 aromatic carbocycles. The number of benzene rings is 1. The number of methoxy groups -OCH3 is 2. The van der Waals surface area contributed by atoms with Crippen molar-refractivity contribution < 1.29 is 9.47 Å². The van der Waals surface area contributed by atoms with Crippen molar-refractivity contribution in [1.82, 2.24) is 0 Å². The number of halogens is 1. The van der Waals surface area contributed by atoms with Crippen LogP contribution in [0.3, 0.4) is 0 Å². The normalized spacial score (nSPS) is 10.3. The van der Waals surface area contributed by atoms with E-state index in [0.717, 1.165) is 32.7 Å². The van der Waals surface area contributed by atoms with Gasteiger partial charge in [0.15, 0.2) is 11.5 Å². The monoisotopic (exact) mass is 273 g/mol. The highest BCUT2D eigenvalue weighted by Gasteiger charge is 2.18. The van der Waals surface area contributed by atoms with Crippen LogP contribution in [0, 0.1) is 13.8 Å². The highest BCUT2D eigenvalue weighted by atomic mass is 79.9. The van der Waals surface area contributed by atoms with E-state index in [1.165, 1.54) is 0 Å². The van der Waals surface area contributed by atoms with Gasteiger partial charge in [-0.3, -0.25) is 0 Å². The van der Waals surface area contributed by atoms with E-state index >= 15 is 0 Å². The fourth-order valence-electron chi connectivity index (χ4n) is 1.70. The Kier molecular flexibility index (Phi) is 3.99. The summed E-state index contributed by atoms with van der Waals surface area (Å²) in [7, 11) is 3.26. The van der Waals surface area contributed by atoms with Gasteiger partial charge in [0.05, 0.1) is 14.2 Å². The van der Waals surface area contributed by atoms with E-state index in [0.29, 0.717) is 6.54 Å². The van der Waals surface area contributed by atoms with Gasteiger partial charge in [-0.1, -0.05) is 15.9 Å². The summed E-state index contributed by atoms with van der Waals surface area (Å²) in [4.78, 5) is 0. The second-order valence-corrected chi connectivity index (χ2v) is 4.11. The maximum atomic E-state index is 5.71. The lowest BCUT2D eigenvalue weighted by Crippen LogP contribution is -2.06. The first-order chi connectivity index (χ1) is 7.08. The Morgan fingerprint density at radius 1 is 1.07 bits per heavy atom. The molecule has 0 aromatic heterocycles. The van der Waals surface area contributed by atoms with Crippen LogP contribution in [0.25, 0.3) is 0 Å². The summed E-state index contributed by atoms with van der Waals surface area (Å²) in [6, 6.07) is 0. The Morgan fingerprint density at radius 3 is 2.00 bits per heavy atom. The lowest BCUT2D eigenvalue weighted by molar-refractivity contribution is 0.349. The molecule has 0 atom stereocenters. The Morgan fingerprint density at radius 2 is 1.60 bits per heavy atom. The minimum Gasteiger partial charge on any atom is -0.493 e. The molecule has 4 heteroatoms. The summed E-state index contributed by atoms with van der Waals surface area (Å²) in [6.45, 7) is 4.43. The molecule has 0 saturated carbocycles. The molecule has 2 N–H and O–H groups in total. The first-order valence-electron chi connectivity index (χ1n) is 4.68. The minimum atomic E-state index is 0.435. The molecule has 3 nitrogen and oxygen atoms in total. The minimum absolute atomic E-state index is 0.435. The van der Waals surface area contributed by atoms with Crippen LogP contribution in [0.5, 0.6) is 11.5 Å². The maximum absolute atomic E-state index is 5.71. The number of hydrogen-bond donors (Lipinski definition) is 1. The van der Waals surface area contributed by atoms with Gasteiger partial charge in [0.25, 0.3) is 0 Å². The molecule has 0 aliphatic heterocycles. The van der Waals surface area contributed by atoms with Gasteiger partial charge in [-0.2, -0.15) is 0 Å².